The third-order valence-electron chi connectivity index (χ3n) is 13.6. The van der Waals surface area contributed by atoms with Gasteiger partial charge in [0.15, 0.2) is 21.6 Å². The number of hydrogen-bond acceptors (Lipinski definition) is 9. The SMILES string of the molecule is CN1CCN2CCN(C)P1(=NN=N[C@@H]1CC(N=NNP34=[N+](C)CCN(CCN3C)CCN4C)C[C@H](N=NN=P34N(C)CCN(CCN3C)CCN4C)C1)N(C)CC2. The highest BCUT2D eigenvalue weighted by molar-refractivity contribution is 7.59. The van der Waals surface area contributed by atoms with Crippen molar-refractivity contribution in [2.24, 2.45) is 40.7 Å². The van der Waals surface area contributed by atoms with Gasteiger partial charge < -0.3 is 0 Å². The highest BCUT2D eigenvalue weighted by Gasteiger charge is 2.44. The van der Waals surface area contributed by atoms with E-state index in [1.54, 1.807) is 0 Å². The first-order chi connectivity index (χ1) is 27.4. The summed E-state index contributed by atoms with van der Waals surface area (Å²) in [5, 5.41) is 33.0. The molecule has 0 aromatic heterocycles. The van der Waals surface area contributed by atoms with Crippen molar-refractivity contribution >= 4 is 22.5 Å². The molecule has 6 bridgehead atoms. The van der Waals surface area contributed by atoms with Gasteiger partial charge in [-0.05, 0) is 86.1 Å². The molecule has 0 aromatic rings. The van der Waals surface area contributed by atoms with Crippen LogP contribution in [-0.4, -0.2) is 256 Å². The maximum Gasteiger partial charge on any atom is 0.351 e. The summed E-state index contributed by atoms with van der Waals surface area (Å²) in [6.45, 7) is 18.2. The molecular weight excluding hydrogens is 783 g/mol. The van der Waals surface area contributed by atoms with Crippen LogP contribution in [0.1, 0.15) is 19.3 Å². The predicted molar refractivity (Wildman–Crippen MR) is 230 cm³/mol. The Bertz CT molecular complexity index is 1470. The lowest BCUT2D eigenvalue weighted by Crippen LogP contribution is -2.51. The van der Waals surface area contributed by atoms with E-state index in [0.717, 1.165) is 137 Å². The summed E-state index contributed by atoms with van der Waals surface area (Å²) in [5.41, 5.74) is 0. The molecule has 8 fully saturated rings. The molecule has 0 aromatic carbocycles. The van der Waals surface area contributed by atoms with Crippen LogP contribution in [0.3, 0.4) is 0 Å². The van der Waals surface area contributed by atoms with E-state index < -0.39 is 22.5 Å². The van der Waals surface area contributed by atoms with E-state index in [0.29, 0.717) is 0 Å². The second-order valence-electron chi connectivity index (χ2n) is 17.2. The third-order valence-corrected chi connectivity index (χ3v) is 24.8. The number of rotatable bonds is 7. The van der Waals surface area contributed by atoms with Crippen molar-refractivity contribution in [3.05, 3.63) is 0 Å². The van der Waals surface area contributed by atoms with E-state index in [9.17, 15) is 0 Å². The van der Waals surface area contributed by atoms with E-state index >= 15 is 0 Å². The number of nitrogens with zero attached hydrogens (tertiary/aromatic N) is 20. The van der Waals surface area contributed by atoms with Crippen LogP contribution in [0.4, 0.5) is 0 Å². The fourth-order valence-corrected chi connectivity index (χ4v) is 19.5. The molecule has 10 aliphatic rings. The summed E-state index contributed by atoms with van der Waals surface area (Å²) in [5.74, 6) is 0. The summed E-state index contributed by atoms with van der Waals surface area (Å²) < 4.78 is 22.0. The fraction of sp³-hybridized carbons (Fsp3) is 1.00. The van der Waals surface area contributed by atoms with E-state index in [2.05, 4.69) is 125 Å². The molecule has 9 heterocycles. The molecule has 3 atom stereocenters. The first kappa shape index (κ1) is 43.9. The highest BCUT2D eigenvalue weighted by Crippen LogP contribution is 2.59. The van der Waals surface area contributed by atoms with Crippen LogP contribution >= 0.6 is 22.5 Å². The van der Waals surface area contributed by atoms with E-state index in [1.807, 2.05) is 0 Å². The van der Waals surface area contributed by atoms with Gasteiger partial charge in [-0.15, -0.1) is 9.71 Å². The molecule has 1 saturated carbocycles. The van der Waals surface area contributed by atoms with Gasteiger partial charge in [-0.3, -0.25) is 14.7 Å². The van der Waals surface area contributed by atoms with Crippen molar-refractivity contribution in [1.82, 2.24) is 57.3 Å². The molecule has 0 spiro atoms. The summed E-state index contributed by atoms with van der Waals surface area (Å²) in [6, 6.07) is -0.319. The van der Waals surface area contributed by atoms with E-state index in [-0.39, 0.29) is 18.1 Å². The zero-order chi connectivity index (χ0) is 40.4. The molecular formula is C33H73N21P3+. The Morgan fingerprint density at radius 3 is 1.11 bits per heavy atom. The van der Waals surface area contributed by atoms with Crippen molar-refractivity contribution in [3.8, 4) is 0 Å². The number of nitrogens with one attached hydrogen (secondary N) is 1. The Morgan fingerprint density at radius 2 is 0.737 bits per heavy atom. The molecule has 0 amide bonds. The molecule has 57 heavy (non-hydrogen) atoms. The minimum atomic E-state index is -2.23. The lowest BCUT2D eigenvalue weighted by atomic mass is 9.88. The molecule has 7 saturated heterocycles. The lowest BCUT2D eigenvalue weighted by Gasteiger charge is -2.49. The van der Waals surface area contributed by atoms with Crippen molar-refractivity contribution in [3.63, 3.8) is 0 Å². The van der Waals surface area contributed by atoms with E-state index in [4.69, 9.17) is 40.7 Å². The summed E-state index contributed by atoms with van der Waals surface area (Å²) in [6.07, 6.45) is 2.20. The van der Waals surface area contributed by atoms with Gasteiger partial charge in [0.25, 0.3) is 0 Å². The van der Waals surface area contributed by atoms with Crippen LogP contribution in [0.5, 0.6) is 0 Å². The molecule has 1 unspecified atom stereocenters. The van der Waals surface area contributed by atoms with Gasteiger partial charge in [0, 0.05) is 105 Å². The van der Waals surface area contributed by atoms with Crippen LogP contribution in [0.2, 0.25) is 0 Å². The summed E-state index contributed by atoms with van der Waals surface area (Å²) >= 11 is 0. The molecule has 21 nitrogen and oxygen atoms in total. The Hall–Kier alpha value is -1.15. The summed E-state index contributed by atoms with van der Waals surface area (Å²) in [4.78, 5) is 18.0. The Balaban J connectivity index is 1.18. The molecule has 0 radical (unpaired) electrons. The van der Waals surface area contributed by atoms with Crippen molar-refractivity contribution in [2.75, 3.05) is 181 Å². The van der Waals surface area contributed by atoms with Crippen LogP contribution in [0, 0.1) is 0 Å². The Kier molecular flexibility index (Phi) is 14.5. The average Bonchev–Trinajstić information content (AvgIpc) is 3.17. The zero-order valence-electron chi connectivity index (χ0n) is 36.4. The molecule has 10 rings (SSSR count). The second-order valence-corrected chi connectivity index (χ2v) is 27.2. The van der Waals surface area contributed by atoms with Crippen LogP contribution in [0.15, 0.2) is 40.7 Å². The van der Waals surface area contributed by atoms with Crippen molar-refractivity contribution < 1.29 is 4.33 Å². The van der Waals surface area contributed by atoms with Gasteiger partial charge >= 0.3 is 7.51 Å². The number of fused-ring (bicyclic) bond motifs is 18. The second kappa shape index (κ2) is 18.9. The maximum atomic E-state index is 5.17. The average molecular weight is 857 g/mol. The number of hydrogen-bond donors (Lipinski definition) is 1. The van der Waals surface area contributed by atoms with Crippen molar-refractivity contribution in [2.45, 2.75) is 37.4 Å². The van der Waals surface area contributed by atoms with Gasteiger partial charge in [0.05, 0.1) is 24.7 Å². The molecule has 324 valence electrons. The standard InChI is InChI=1S/C33H72N21P3/c1-43-10-19-52-20-11-44(2)55(43,45(3)12-21-52)40-37-34-31-28-32(35-38-41-56-46(4)13-22-53(23-14-47(56)5)24-15-48(56)6)30-33(29-31)36-39-42-57-49(7)16-25-54(26-17-50(57)8)27-18-51(57)9/h31-33H,10-30H2,1-9H3/p+1. The summed E-state index contributed by atoms with van der Waals surface area (Å²) in [7, 11) is 13.3. The van der Waals surface area contributed by atoms with Crippen LogP contribution in [-0.2, 0) is 0 Å². The Labute approximate surface area is 342 Å². The van der Waals surface area contributed by atoms with Gasteiger partial charge in [0.2, 0.25) is 0 Å². The smallest absolute Gasteiger partial charge is 0.299 e. The molecule has 9 aliphatic heterocycles. The lowest BCUT2D eigenvalue weighted by molar-refractivity contribution is -0.487. The quantitative estimate of drug-likeness (QED) is 0.228. The normalized spacial score (nSPS) is 41.1. The minimum absolute atomic E-state index is 0.0947. The monoisotopic (exact) mass is 857 g/mol. The fourth-order valence-electron chi connectivity index (χ4n) is 9.77. The van der Waals surface area contributed by atoms with Gasteiger partial charge in [-0.25, -0.2) is 41.7 Å². The first-order valence-corrected chi connectivity index (χ1v) is 25.9. The minimum Gasteiger partial charge on any atom is -0.299 e. The largest absolute Gasteiger partial charge is 0.351 e. The van der Waals surface area contributed by atoms with Crippen LogP contribution in [0.25, 0.3) is 0 Å². The van der Waals surface area contributed by atoms with Gasteiger partial charge in [-0.2, -0.15) is 20.5 Å². The zero-order valence-corrected chi connectivity index (χ0v) is 39.1. The molecule has 1 aliphatic carbocycles. The Morgan fingerprint density at radius 1 is 0.421 bits per heavy atom. The van der Waals surface area contributed by atoms with Crippen LogP contribution < -0.4 is 5.20 Å². The topological polar surface area (TPSA) is 150 Å². The third kappa shape index (κ3) is 8.95. The predicted octanol–water partition coefficient (Wildman–Crippen LogP) is 2.89. The first-order valence-electron chi connectivity index (χ1n) is 21.1. The van der Waals surface area contributed by atoms with Crippen molar-refractivity contribution in [1.29, 1.82) is 0 Å². The molecule has 24 heteroatoms. The molecule has 1 N–H and O–H groups in total. The van der Waals surface area contributed by atoms with Gasteiger partial charge in [0.1, 0.15) is 7.05 Å². The highest BCUT2D eigenvalue weighted by atomic mass is 31.2. The van der Waals surface area contributed by atoms with Gasteiger partial charge in [-0.1, -0.05) is 5.22 Å². The maximum absolute atomic E-state index is 5.17. The number of likely N-dealkylation sites (N-methyl/N-ethyl adjacent to an activating group) is 9. The van der Waals surface area contributed by atoms with E-state index in [1.165, 1.54) is 0 Å².